The lowest BCUT2D eigenvalue weighted by atomic mass is 10.3. The Morgan fingerprint density at radius 2 is 2.17 bits per heavy atom. The van der Waals surface area contributed by atoms with Crippen LogP contribution in [-0.4, -0.2) is 29.8 Å². The zero-order valence-electron chi connectivity index (χ0n) is 13.7. The number of nitrogens with one attached hydrogen (secondary N) is 2. The number of para-hydroxylation sites is 1. The van der Waals surface area contributed by atoms with Crippen molar-refractivity contribution in [3.8, 4) is 6.07 Å². The van der Waals surface area contributed by atoms with Crippen molar-refractivity contribution in [3.05, 3.63) is 54.4 Å². The van der Waals surface area contributed by atoms with Gasteiger partial charge in [0.25, 0.3) is 0 Å². The van der Waals surface area contributed by atoms with E-state index < -0.39 is 0 Å². The maximum absolute atomic E-state index is 8.97. The van der Waals surface area contributed by atoms with Gasteiger partial charge in [-0.25, -0.2) is 4.98 Å². The number of hydrogen-bond acceptors (Lipinski definition) is 7. The third kappa shape index (κ3) is 4.30. The van der Waals surface area contributed by atoms with Crippen LogP contribution < -0.4 is 15.6 Å². The van der Waals surface area contributed by atoms with Gasteiger partial charge in [-0.3, -0.25) is 5.01 Å². The van der Waals surface area contributed by atoms with Gasteiger partial charge in [0, 0.05) is 13.6 Å². The molecule has 0 aliphatic carbocycles. The molecule has 0 radical (unpaired) electrons. The van der Waals surface area contributed by atoms with Crippen LogP contribution in [-0.2, 0) is 0 Å². The van der Waals surface area contributed by atoms with E-state index in [1.54, 1.807) is 13.3 Å². The topological polar surface area (TPSA) is 89.2 Å². The molecule has 0 fully saturated rings. The molecule has 1 aromatic heterocycles. The highest BCUT2D eigenvalue weighted by Crippen LogP contribution is 2.14. The van der Waals surface area contributed by atoms with Crippen LogP contribution in [0.1, 0.15) is 12.5 Å². The number of rotatable bonds is 7. The number of nitrogens with zero attached hydrogens (tertiary/aromatic N) is 5. The lowest BCUT2D eigenvalue weighted by Crippen LogP contribution is -2.16. The molecule has 0 saturated carbocycles. The Hall–Kier alpha value is -3.40. The number of anilines is 3. The van der Waals surface area contributed by atoms with Crippen molar-refractivity contribution in [2.45, 2.75) is 6.92 Å². The first-order valence-corrected chi connectivity index (χ1v) is 7.45. The minimum absolute atomic E-state index is 0.345. The maximum Gasteiger partial charge on any atom is 0.229 e. The molecule has 0 aliphatic rings. The average molecular weight is 321 g/mol. The number of benzene rings is 1. The molecule has 0 saturated heterocycles. The van der Waals surface area contributed by atoms with Gasteiger partial charge in [0.15, 0.2) is 0 Å². The second-order valence-corrected chi connectivity index (χ2v) is 4.76. The van der Waals surface area contributed by atoms with Crippen molar-refractivity contribution in [2.75, 3.05) is 29.2 Å². The Morgan fingerprint density at radius 3 is 2.79 bits per heavy atom. The first kappa shape index (κ1) is 17.0. The van der Waals surface area contributed by atoms with Crippen molar-refractivity contribution in [3.63, 3.8) is 0 Å². The molecule has 7 nitrogen and oxygen atoms in total. The molecular weight excluding hydrogens is 302 g/mol. The molecule has 2 N–H and O–H groups in total. The maximum atomic E-state index is 8.97. The highest BCUT2D eigenvalue weighted by atomic mass is 15.4. The van der Waals surface area contributed by atoms with E-state index in [0.717, 1.165) is 12.2 Å². The van der Waals surface area contributed by atoms with Crippen LogP contribution in [0.5, 0.6) is 0 Å². The minimum Gasteiger partial charge on any atom is -0.372 e. The zero-order chi connectivity index (χ0) is 17.4. The Labute approximate surface area is 141 Å². The first-order valence-electron chi connectivity index (χ1n) is 7.45. The molecule has 0 unspecified atom stereocenters. The first-order chi connectivity index (χ1) is 11.7. The van der Waals surface area contributed by atoms with E-state index in [-0.39, 0.29) is 0 Å². The summed E-state index contributed by atoms with van der Waals surface area (Å²) in [6.45, 7) is 6.64. The number of nitriles is 1. The van der Waals surface area contributed by atoms with Gasteiger partial charge >= 0.3 is 0 Å². The summed E-state index contributed by atoms with van der Waals surface area (Å²) in [5.74, 6) is 0.803. The smallest absolute Gasteiger partial charge is 0.229 e. The molecule has 24 heavy (non-hydrogen) atoms. The predicted octanol–water partition coefficient (Wildman–Crippen LogP) is 2.83. The predicted molar refractivity (Wildman–Crippen MR) is 97.0 cm³/mol. The molecule has 0 amide bonds. The second kappa shape index (κ2) is 8.29. The second-order valence-electron chi connectivity index (χ2n) is 4.76. The van der Waals surface area contributed by atoms with Crippen LogP contribution in [0.15, 0.2) is 53.9 Å². The summed E-state index contributed by atoms with van der Waals surface area (Å²) < 4.78 is 0. The number of allylic oxidation sites excluding steroid dienone is 1. The molecule has 122 valence electrons. The van der Waals surface area contributed by atoms with Crippen LogP contribution in [0.25, 0.3) is 0 Å². The highest BCUT2D eigenvalue weighted by molar-refractivity contribution is 5.82. The van der Waals surface area contributed by atoms with E-state index in [4.69, 9.17) is 5.26 Å². The molecule has 2 rings (SSSR count). The Kier molecular flexibility index (Phi) is 5.86. The van der Waals surface area contributed by atoms with E-state index in [0.29, 0.717) is 23.0 Å². The van der Waals surface area contributed by atoms with Gasteiger partial charge in [-0.2, -0.15) is 15.3 Å². The summed E-state index contributed by atoms with van der Waals surface area (Å²) in [5, 5.41) is 21.0. The van der Waals surface area contributed by atoms with Crippen LogP contribution in [0.3, 0.4) is 0 Å². The van der Waals surface area contributed by atoms with Crippen LogP contribution in [0.4, 0.5) is 17.5 Å². The summed E-state index contributed by atoms with van der Waals surface area (Å²) in [6.07, 6.45) is 3.06. The number of aromatic nitrogens is 2. The minimum atomic E-state index is 0.345. The summed E-state index contributed by atoms with van der Waals surface area (Å²) in [7, 11) is 1.70. The third-order valence-electron chi connectivity index (χ3n) is 3.13. The van der Waals surface area contributed by atoms with E-state index >= 15 is 0 Å². The zero-order valence-corrected chi connectivity index (χ0v) is 13.7. The monoisotopic (exact) mass is 321 g/mol. The molecule has 0 atom stereocenters. The lowest BCUT2D eigenvalue weighted by Gasteiger charge is -2.16. The van der Waals surface area contributed by atoms with Gasteiger partial charge < -0.3 is 10.6 Å². The van der Waals surface area contributed by atoms with Gasteiger partial charge in [-0.1, -0.05) is 24.8 Å². The summed E-state index contributed by atoms with van der Waals surface area (Å²) in [4.78, 5) is 8.30. The van der Waals surface area contributed by atoms with Gasteiger partial charge in [-0.15, -0.1) is 0 Å². The standard InChI is InChI=1S/C17H19N7/c1-4-24(15-8-6-5-7-9-15)21-11-13(2)22-17-20-12-14(10-18)16(19-3)23-17/h5-9,11-12H,2,4H2,1,3H3,(H2,19,20,22,23)/b21-11-. The fourth-order valence-corrected chi connectivity index (χ4v) is 1.96. The van der Waals surface area contributed by atoms with Crippen LogP contribution in [0, 0.1) is 11.3 Å². The summed E-state index contributed by atoms with van der Waals surface area (Å²) >= 11 is 0. The van der Waals surface area contributed by atoms with E-state index in [2.05, 4.69) is 32.3 Å². The molecule has 0 bridgehead atoms. The molecule has 1 heterocycles. The largest absolute Gasteiger partial charge is 0.372 e. The molecule has 1 aromatic carbocycles. The molecule has 7 heteroatoms. The third-order valence-corrected chi connectivity index (χ3v) is 3.13. The van der Waals surface area contributed by atoms with Crippen molar-refractivity contribution < 1.29 is 0 Å². The van der Waals surface area contributed by atoms with Gasteiger partial charge in [-0.05, 0) is 19.1 Å². The molecular formula is C17H19N7. The number of hydrogen-bond donors (Lipinski definition) is 2. The van der Waals surface area contributed by atoms with E-state index in [9.17, 15) is 0 Å². The van der Waals surface area contributed by atoms with Crippen LogP contribution in [0.2, 0.25) is 0 Å². The quantitative estimate of drug-likeness (QED) is 0.602. The fourth-order valence-electron chi connectivity index (χ4n) is 1.96. The van der Waals surface area contributed by atoms with E-state index in [1.165, 1.54) is 6.20 Å². The molecule has 2 aromatic rings. The van der Waals surface area contributed by atoms with Crippen molar-refractivity contribution in [1.82, 2.24) is 9.97 Å². The van der Waals surface area contributed by atoms with Gasteiger partial charge in [0.2, 0.25) is 5.95 Å². The normalized spacial score (nSPS) is 10.2. The summed E-state index contributed by atoms with van der Waals surface area (Å²) in [5.41, 5.74) is 1.91. The molecule has 0 aliphatic heterocycles. The van der Waals surface area contributed by atoms with Crippen molar-refractivity contribution in [2.24, 2.45) is 5.10 Å². The highest BCUT2D eigenvalue weighted by Gasteiger charge is 2.06. The molecule has 0 spiro atoms. The van der Waals surface area contributed by atoms with Gasteiger partial charge in [0.05, 0.1) is 23.8 Å². The fraction of sp³-hybridized carbons (Fsp3) is 0.176. The Bertz CT molecular complexity index is 762. The lowest BCUT2D eigenvalue weighted by molar-refractivity contribution is 0.897. The van der Waals surface area contributed by atoms with Crippen molar-refractivity contribution in [1.29, 1.82) is 5.26 Å². The van der Waals surface area contributed by atoms with Crippen molar-refractivity contribution >= 4 is 23.7 Å². The van der Waals surface area contributed by atoms with E-state index in [1.807, 2.05) is 48.3 Å². The average Bonchev–Trinajstić information content (AvgIpc) is 2.63. The van der Waals surface area contributed by atoms with Crippen LogP contribution >= 0.6 is 0 Å². The summed E-state index contributed by atoms with van der Waals surface area (Å²) in [6, 6.07) is 11.9. The SMILES string of the molecule is C=C(/C=N\N(CC)c1ccccc1)Nc1ncc(C#N)c(NC)n1. The Morgan fingerprint density at radius 1 is 1.42 bits per heavy atom. The van der Waals surface area contributed by atoms with Gasteiger partial charge in [0.1, 0.15) is 17.5 Å². The number of hydrazone groups is 1. The Balaban J connectivity index is 2.06.